The van der Waals surface area contributed by atoms with Crippen molar-refractivity contribution < 1.29 is 116 Å². The molecule has 0 spiro atoms. The van der Waals surface area contributed by atoms with E-state index in [1.165, 1.54) is 99.7 Å². The zero-order chi connectivity index (χ0) is 108. The van der Waals surface area contributed by atoms with E-state index in [4.69, 9.17) is 20.8 Å². The van der Waals surface area contributed by atoms with Crippen LogP contribution >= 0.6 is 11.8 Å². The van der Waals surface area contributed by atoms with Gasteiger partial charge in [-0.15, -0.1) is 11.8 Å². The number of H-pyrrole nitrogens is 1. The SMILES string of the molecule is CCCC[C@@H](C(=O)N[C@@H](CC(C)C)C(=O)N[C@@H](CSCC(=O)N[C@@H](Cc1ccc(O)cc1)C(=O)N(C)[C@@H](C)C(=O)N[C@@H](CC(N)=O)C(=O)N1CCC[C@H]1C(=O)N[C@@H](CN(Cc1ccc(B(OC)OC)cc1)C(C)O)C(=O)N[C@@H](CC(C)C)C(=O)N1C[C@H](O)C[C@H]1C(=O)N[C@@H](Cc1c[nH]c2ccccc12)C(=O)N[C@@H](CCNC)C(=O)N[C@@H](Cc1cn(CC(=O)O)c2ccccc12)C(=O)N(C)C)C(=O)NCC(N)=O)N(C)C(C)O. The number of nitrogens with zero attached hydrogens (tertiary/aromatic N) is 7. The van der Waals surface area contributed by atoms with Crippen molar-refractivity contribution in [3.8, 4) is 5.75 Å². The number of fused-ring (bicyclic) bond motifs is 2. The first-order valence-corrected chi connectivity index (χ1v) is 50.5. The molecule has 2 fully saturated rings. The standard InChI is InChI=1S/C100H146BN21O24S/c1-16-17-26-81(118(13)59(7)123)94(138)109-72(40-56(2)3)91(135)115-79(89(133)106-48-85(103)128)54-147-55-86(129)107-75(42-61-31-35-66(125)36-32-61)98(142)117(12)58(6)88(132)111-77(46-84(102)127)99(143)121-39-22-28-82(121)95(139)114-78(52-119(60(8)124)49-62-29-33-65(34-30-62)101(145-14)146-15)93(137)112-74(41-57(4)5)100(144)122-51-67(126)45-83(122)96(140)110-73(43-63-47-105-70-25-20-18-23-68(63)70)92(136)108-71(37-38-104-9)90(134)113-76(97(141)116(10)11)44-64-50-120(53-87(130)131)80-27-21-19-24-69(64)80/h18-21,23-25,27,29-36,47,50,56-60,67,71-79,81-83,104-105,123-126H,16-17,22,26,28,37-46,48-49,51-55H2,1-15H3,(H2,102,127)(H2,103,128)(H,106,133)(H,107,129)(H,108,136)(H,109,138)(H,110,140)(H,111,132)(H,112,137)(H,113,134)(H,114,139)(H,115,135)(H,130,131)/t58-,59?,60?,67+,71-,72-,73-,74-,75-,76-,77-,78-,79-,81-,82-,83-/m0/s1. The van der Waals surface area contributed by atoms with Crippen LogP contribution in [0.2, 0.25) is 0 Å². The predicted molar refractivity (Wildman–Crippen MR) is 548 cm³/mol. The zero-order valence-corrected chi connectivity index (χ0v) is 86.9. The molecule has 147 heavy (non-hydrogen) atoms. The topological polar surface area (TPSA) is 634 Å². The maximum atomic E-state index is 15.7. The van der Waals surface area contributed by atoms with Gasteiger partial charge < -0.3 is 134 Å². The number of hydrogen-bond acceptors (Lipinski definition) is 27. The van der Waals surface area contributed by atoms with Crippen molar-refractivity contribution in [1.29, 1.82) is 0 Å². The highest BCUT2D eigenvalue weighted by Gasteiger charge is 2.47. The quantitative estimate of drug-likeness (QED) is 0.0142. The van der Waals surface area contributed by atoms with Gasteiger partial charge in [0.2, 0.25) is 94.5 Å². The van der Waals surface area contributed by atoms with E-state index in [-0.39, 0.29) is 94.8 Å². The summed E-state index contributed by atoms with van der Waals surface area (Å²) in [6, 6.07) is 7.80. The number of carbonyl (C=O) groups excluding carboxylic acids is 16. The summed E-state index contributed by atoms with van der Waals surface area (Å²) in [4.78, 5) is 255. The Labute approximate surface area is 859 Å². The molecule has 0 bridgehead atoms. The Hall–Kier alpha value is -13.2. The number of aromatic amines is 1. The molecule has 4 aromatic carbocycles. The molecule has 804 valence electrons. The lowest BCUT2D eigenvalue weighted by Gasteiger charge is -2.34. The second kappa shape index (κ2) is 57.2. The number of amides is 16. The maximum absolute atomic E-state index is 15.7. The fraction of sp³-hybridized carbons (Fsp3) is 0.550. The number of likely N-dealkylation sites (tertiary alicyclic amines) is 2. The van der Waals surface area contributed by atoms with Gasteiger partial charge in [-0.2, -0.15) is 0 Å². The summed E-state index contributed by atoms with van der Waals surface area (Å²) in [7, 11) is 9.56. The molecule has 2 aromatic heterocycles. The molecule has 4 heterocycles. The average Bonchev–Trinajstić information content (AvgIpc) is 1.61. The Morgan fingerprint density at radius 3 is 1.76 bits per heavy atom. The van der Waals surface area contributed by atoms with Crippen molar-refractivity contribution in [2.45, 2.75) is 249 Å². The van der Waals surface area contributed by atoms with E-state index in [1.54, 1.807) is 113 Å². The molecular formula is C100H146BN21O24S. The summed E-state index contributed by atoms with van der Waals surface area (Å²) in [5, 5.41) is 85.0. The number of aromatic hydroxyl groups is 1. The number of thioether (sulfide) groups is 1. The minimum atomic E-state index is -1.83. The van der Waals surface area contributed by atoms with E-state index < -0.39 is 249 Å². The zero-order valence-electron chi connectivity index (χ0n) is 86.1. The number of unbranched alkanes of at least 4 members (excludes halogenated alkanes) is 1. The number of nitrogens with one attached hydrogen (secondary N) is 12. The number of phenols is 1. The van der Waals surface area contributed by atoms with E-state index >= 15 is 28.8 Å². The molecule has 16 amide bonds. The lowest BCUT2D eigenvalue weighted by molar-refractivity contribution is -0.145. The number of rotatable bonds is 59. The number of aliphatic carboxylic acids is 1. The van der Waals surface area contributed by atoms with E-state index in [1.807, 2.05) is 20.8 Å². The van der Waals surface area contributed by atoms with Gasteiger partial charge in [0.1, 0.15) is 97.3 Å². The Morgan fingerprint density at radius 1 is 0.578 bits per heavy atom. The number of β-amino-alcohol motifs (C(OH)–C–C–N with tert-alkyl or cyclic N) is 1. The van der Waals surface area contributed by atoms with Crippen LogP contribution in [0.5, 0.6) is 5.75 Å². The lowest BCUT2D eigenvalue weighted by Crippen LogP contribution is -2.62. The number of likely N-dealkylation sites (N-methyl/N-ethyl adjacent to an activating group) is 3. The van der Waals surface area contributed by atoms with Crippen LogP contribution in [0.25, 0.3) is 21.8 Å². The van der Waals surface area contributed by atoms with Gasteiger partial charge in [0.15, 0.2) is 0 Å². The molecule has 2 aliphatic rings. The Bertz CT molecular complexity index is 5530. The predicted octanol–water partition coefficient (Wildman–Crippen LogP) is -2.24. The van der Waals surface area contributed by atoms with Crippen molar-refractivity contribution in [3.63, 3.8) is 0 Å². The van der Waals surface area contributed by atoms with E-state index in [0.29, 0.717) is 62.4 Å². The Kier molecular flexibility index (Phi) is 46.4. The third-order valence-electron chi connectivity index (χ3n) is 25.9. The molecule has 8 rings (SSSR count). The van der Waals surface area contributed by atoms with Crippen molar-refractivity contribution in [1.82, 2.24) is 97.4 Å². The fourth-order valence-electron chi connectivity index (χ4n) is 17.8. The van der Waals surface area contributed by atoms with Crippen molar-refractivity contribution in [2.75, 3.05) is 93.7 Å². The highest BCUT2D eigenvalue weighted by atomic mass is 32.2. The molecule has 0 aliphatic carbocycles. The number of carboxylic acids is 1. The van der Waals surface area contributed by atoms with Gasteiger partial charge >= 0.3 is 13.1 Å². The number of benzene rings is 4. The van der Waals surface area contributed by atoms with Crippen LogP contribution in [0.3, 0.4) is 0 Å². The maximum Gasteiger partial charge on any atom is 0.493 e. The number of para-hydroxylation sites is 2. The van der Waals surface area contributed by atoms with Crippen LogP contribution in [-0.4, -0.2) is 363 Å². The smallest absolute Gasteiger partial charge is 0.493 e. The van der Waals surface area contributed by atoms with Gasteiger partial charge in [-0.3, -0.25) is 91.3 Å². The van der Waals surface area contributed by atoms with E-state index in [0.717, 1.165) is 32.9 Å². The first-order chi connectivity index (χ1) is 69.6. The van der Waals surface area contributed by atoms with Crippen molar-refractivity contribution in [2.24, 2.45) is 23.3 Å². The monoisotopic (exact) mass is 2070 g/mol. The summed E-state index contributed by atoms with van der Waals surface area (Å²) < 4.78 is 12.4. The van der Waals surface area contributed by atoms with Crippen LogP contribution in [0, 0.1) is 11.8 Å². The molecule has 0 saturated carbocycles. The highest BCUT2D eigenvalue weighted by Crippen LogP contribution is 2.29. The lowest BCUT2D eigenvalue weighted by atomic mass is 9.79. The number of aliphatic hydroxyl groups excluding tert-OH is 3. The minimum absolute atomic E-state index is 0.0505. The van der Waals surface area contributed by atoms with Crippen LogP contribution in [0.4, 0.5) is 0 Å². The molecule has 2 unspecified atom stereocenters. The number of nitrogens with two attached hydrogens (primary N) is 2. The number of hydrogen-bond donors (Lipinski definition) is 19. The third-order valence-corrected chi connectivity index (χ3v) is 26.9. The molecule has 2 saturated heterocycles. The minimum Gasteiger partial charge on any atom is -0.508 e. The third kappa shape index (κ3) is 35.0. The summed E-state index contributed by atoms with van der Waals surface area (Å²) in [6.45, 7) is 11.1. The molecule has 47 heteroatoms. The Balaban J connectivity index is 1.03. The summed E-state index contributed by atoms with van der Waals surface area (Å²) in [6.07, 6.45) is -0.643. The van der Waals surface area contributed by atoms with Gasteiger partial charge in [-0.25, -0.2) is 0 Å². The van der Waals surface area contributed by atoms with Crippen LogP contribution in [0.1, 0.15) is 142 Å². The highest BCUT2D eigenvalue weighted by molar-refractivity contribution is 8.00. The van der Waals surface area contributed by atoms with Gasteiger partial charge in [-0.1, -0.05) is 120 Å². The molecular weight excluding hydrogens is 1920 g/mol. The summed E-state index contributed by atoms with van der Waals surface area (Å²) in [5.41, 5.74) is 15.1. The normalized spacial score (nSPS) is 16.8. The largest absolute Gasteiger partial charge is 0.508 e. The fourth-order valence-corrected chi connectivity index (χ4v) is 18.6. The van der Waals surface area contributed by atoms with E-state index in [2.05, 4.69) is 63.5 Å². The molecule has 0 radical (unpaired) electrons. The number of carboxylic acid groups (broad SMARTS) is 1. The van der Waals surface area contributed by atoms with Crippen LogP contribution in [0.15, 0.2) is 109 Å². The summed E-state index contributed by atoms with van der Waals surface area (Å²) in [5.74, 6) is -16.6. The first kappa shape index (κ1) is 119. The van der Waals surface area contributed by atoms with Crippen LogP contribution < -0.4 is 75.4 Å². The van der Waals surface area contributed by atoms with Gasteiger partial charge in [0.25, 0.3) is 0 Å². The van der Waals surface area contributed by atoms with Gasteiger partial charge in [0, 0.05) is 127 Å². The second-order valence-corrected chi connectivity index (χ2v) is 39.5. The van der Waals surface area contributed by atoms with Gasteiger partial charge in [-0.05, 0) is 144 Å². The van der Waals surface area contributed by atoms with Crippen molar-refractivity contribution >= 4 is 147 Å². The van der Waals surface area contributed by atoms with Crippen LogP contribution in [-0.2, 0) is 123 Å². The first-order valence-electron chi connectivity index (χ1n) is 49.3. The van der Waals surface area contributed by atoms with E-state index in [9.17, 15) is 78.3 Å². The number of phenolic OH excluding ortho intramolecular Hbond substituents is 1. The molecule has 45 nitrogen and oxygen atoms in total. The Morgan fingerprint density at radius 2 is 1.14 bits per heavy atom. The number of primary amides is 2. The molecule has 16 atom stereocenters. The van der Waals surface area contributed by atoms with Gasteiger partial charge in [0.05, 0.1) is 30.9 Å². The second-order valence-electron chi connectivity index (χ2n) is 38.5. The van der Waals surface area contributed by atoms with Crippen molar-refractivity contribution in [3.05, 3.63) is 132 Å². The molecule has 6 aromatic rings. The molecule has 21 N–H and O–H groups in total. The average molecular weight is 2070 g/mol. The number of aliphatic hydroxyl groups is 3. The summed E-state index contributed by atoms with van der Waals surface area (Å²) >= 11 is 0.829. The number of carbonyl (C=O) groups is 17. The molecule has 2 aliphatic heterocycles. The number of aromatic nitrogens is 2.